The Morgan fingerprint density at radius 1 is 1.43 bits per heavy atom. The molecule has 0 saturated heterocycles. The van der Waals surface area contributed by atoms with Crippen molar-refractivity contribution in [2.24, 2.45) is 0 Å². The monoisotopic (exact) mass is 295 g/mol. The van der Waals surface area contributed by atoms with E-state index in [9.17, 15) is 14.0 Å². The molecule has 0 radical (unpaired) electrons. The summed E-state index contributed by atoms with van der Waals surface area (Å²) in [6.07, 6.45) is 1.96. The highest BCUT2D eigenvalue weighted by Gasteiger charge is 2.18. The summed E-state index contributed by atoms with van der Waals surface area (Å²) in [4.78, 5) is 22.3. The average molecular weight is 295 g/mol. The maximum absolute atomic E-state index is 13.8. The van der Waals surface area contributed by atoms with Gasteiger partial charge in [-0.1, -0.05) is 6.07 Å². The largest absolute Gasteiger partial charge is 0.478 e. The molecule has 114 valence electrons. The molecule has 0 atom stereocenters. The molecule has 0 heterocycles. The molecule has 0 fully saturated rings. The minimum Gasteiger partial charge on any atom is -0.478 e. The molecule has 1 rings (SSSR count). The zero-order valence-corrected chi connectivity index (χ0v) is 12.1. The number of ether oxygens (including phenoxy) is 1. The Balaban J connectivity index is 2.79. The fourth-order valence-electron chi connectivity index (χ4n) is 1.43. The van der Waals surface area contributed by atoms with Crippen LogP contribution in [0.25, 0.3) is 6.08 Å². The highest BCUT2D eigenvalue weighted by molar-refractivity contribution is 5.94. The number of carbonyl (C=O) groups excluding carboxylic acids is 1. The Labute approximate surface area is 122 Å². The first-order valence-electron chi connectivity index (χ1n) is 6.29. The Hall–Kier alpha value is -2.21. The van der Waals surface area contributed by atoms with Crippen molar-refractivity contribution >= 4 is 18.0 Å². The molecule has 0 saturated carbocycles. The van der Waals surface area contributed by atoms with Gasteiger partial charge in [-0.2, -0.15) is 0 Å². The zero-order valence-electron chi connectivity index (χ0n) is 12.1. The van der Waals surface area contributed by atoms with E-state index >= 15 is 0 Å². The Morgan fingerprint density at radius 2 is 2.10 bits per heavy atom. The van der Waals surface area contributed by atoms with E-state index in [0.29, 0.717) is 0 Å². The predicted molar refractivity (Wildman–Crippen MR) is 76.5 cm³/mol. The number of benzene rings is 1. The van der Waals surface area contributed by atoms with Gasteiger partial charge in [0.05, 0.1) is 5.60 Å². The van der Waals surface area contributed by atoms with E-state index in [1.165, 1.54) is 19.2 Å². The van der Waals surface area contributed by atoms with Crippen LogP contribution in [0.2, 0.25) is 0 Å². The second-order valence-electron chi connectivity index (χ2n) is 5.05. The molecule has 0 aliphatic rings. The van der Waals surface area contributed by atoms with Crippen LogP contribution in [0.4, 0.5) is 4.39 Å². The van der Waals surface area contributed by atoms with E-state index in [4.69, 9.17) is 9.84 Å². The molecule has 1 aromatic carbocycles. The number of nitrogens with one attached hydrogen (secondary N) is 1. The van der Waals surface area contributed by atoms with Gasteiger partial charge >= 0.3 is 5.97 Å². The average Bonchev–Trinajstić information content (AvgIpc) is 2.43. The van der Waals surface area contributed by atoms with Crippen LogP contribution in [-0.4, -0.2) is 36.2 Å². The van der Waals surface area contributed by atoms with Gasteiger partial charge in [0.2, 0.25) is 0 Å². The summed E-state index contributed by atoms with van der Waals surface area (Å²) in [6.45, 7) is 3.91. The molecule has 0 unspecified atom stereocenters. The first-order valence-corrected chi connectivity index (χ1v) is 6.29. The van der Waals surface area contributed by atoms with Gasteiger partial charge in [0.1, 0.15) is 5.82 Å². The van der Waals surface area contributed by atoms with E-state index in [-0.39, 0.29) is 17.7 Å². The highest BCUT2D eigenvalue weighted by atomic mass is 19.1. The normalized spacial score (nSPS) is 11.6. The van der Waals surface area contributed by atoms with Crippen molar-refractivity contribution in [3.05, 3.63) is 41.2 Å². The smallest absolute Gasteiger partial charge is 0.328 e. The van der Waals surface area contributed by atoms with Crippen molar-refractivity contribution in [3.63, 3.8) is 0 Å². The molecule has 0 aliphatic heterocycles. The maximum atomic E-state index is 13.8. The summed E-state index contributed by atoms with van der Waals surface area (Å²) in [5, 5.41) is 11.1. The third-order valence-electron chi connectivity index (χ3n) is 2.90. The Kier molecular flexibility index (Phi) is 5.60. The lowest BCUT2D eigenvalue weighted by molar-refractivity contribution is -0.131. The summed E-state index contributed by atoms with van der Waals surface area (Å²) in [7, 11) is 1.54. The number of carbonyl (C=O) groups is 2. The van der Waals surface area contributed by atoms with Crippen LogP contribution in [0.5, 0.6) is 0 Å². The fraction of sp³-hybridized carbons (Fsp3) is 0.333. The van der Waals surface area contributed by atoms with Gasteiger partial charge in [0.15, 0.2) is 0 Å². The molecule has 0 bridgehead atoms. The summed E-state index contributed by atoms with van der Waals surface area (Å²) < 4.78 is 18.9. The number of carboxylic acids is 1. The number of hydrogen-bond donors (Lipinski definition) is 2. The van der Waals surface area contributed by atoms with E-state index in [2.05, 4.69) is 5.32 Å². The lowest BCUT2D eigenvalue weighted by Gasteiger charge is -2.23. The van der Waals surface area contributed by atoms with E-state index in [0.717, 1.165) is 18.2 Å². The van der Waals surface area contributed by atoms with Crippen LogP contribution >= 0.6 is 0 Å². The van der Waals surface area contributed by atoms with Gasteiger partial charge in [0, 0.05) is 30.9 Å². The lowest BCUT2D eigenvalue weighted by atomic mass is 10.1. The van der Waals surface area contributed by atoms with Crippen LogP contribution in [-0.2, 0) is 9.53 Å². The van der Waals surface area contributed by atoms with Gasteiger partial charge in [-0.15, -0.1) is 0 Å². The topological polar surface area (TPSA) is 75.6 Å². The van der Waals surface area contributed by atoms with Crippen LogP contribution in [0, 0.1) is 5.82 Å². The molecule has 0 aromatic heterocycles. The second kappa shape index (κ2) is 6.99. The molecule has 1 amide bonds. The first kappa shape index (κ1) is 16.8. The zero-order chi connectivity index (χ0) is 16.0. The SMILES string of the molecule is COC(C)(C)CNC(=O)c1ccc(/C=C/C(=O)O)c(F)c1. The molecular weight excluding hydrogens is 277 g/mol. The predicted octanol–water partition coefficient (Wildman–Crippen LogP) is 2.08. The third-order valence-corrected chi connectivity index (χ3v) is 2.90. The summed E-state index contributed by atoms with van der Waals surface area (Å²) in [5.41, 5.74) is -0.253. The lowest BCUT2D eigenvalue weighted by Crippen LogP contribution is -2.39. The van der Waals surface area contributed by atoms with E-state index in [1.54, 1.807) is 0 Å². The van der Waals surface area contributed by atoms with Gasteiger partial charge in [-0.3, -0.25) is 4.79 Å². The number of amides is 1. The Bertz CT molecular complexity index is 567. The minimum atomic E-state index is -1.17. The number of methoxy groups -OCH3 is 1. The third kappa shape index (κ3) is 5.35. The van der Waals surface area contributed by atoms with Crippen LogP contribution in [0.3, 0.4) is 0 Å². The van der Waals surface area contributed by atoms with Gasteiger partial charge in [-0.25, -0.2) is 9.18 Å². The van der Waals surface area contributed by atoms with Crippen LogP contribution in [0.15, 0.2) is 24.3 Å². The van der Waals surface area contributed by atoms with Crippen molar-refractivity contribution in [2.45, 2.75) is 19.4 Å². The number of hydrogen-bond acceptors (Lipinski definition) is 3. The fourth-order valence-corrected chi connectivity index (χ4v) is 1.43. The molecule has 21 heavy (non-hydrogen) atoms. The summed E-state index contributed by atoms with van der Waals surface area (Å²) >= 11 is 0. The first-order chi connectivity index (χ1) is 9.75. The highest BCUT2D eigenvalue weighted by Crippen LogP contribution is 2.13. The molecule has 5 nitrogen and oxygen atoms in total. The van der Waals surface area contributed by atoms with Crippen molar-refractivity contribution < 1.29 is 23.8 Å². The quantitative estimate of drug-likeness (QED) is 0.788. The molecular formula is C15H18FNO4. The molecule has 1 aromatic rings. The van der Waals surface area contributed by atoms with Gasteiger partial charge in [-0.05, 0) is 32.1 Å². The van der Waals surface area contributed by atoms with Crippen LogP contribution in [0.1, 0.15) is 29.8 Å². The van der Waals surface area contributed by atoms with E-state index in [1.807, 2.05) is 13.8 Å². The summed E-state index contributed by atoms with van der Waals surface area (Å²) in [6, 6.07) is 3.85. The molecule has 2 N–H and O–H groups in total. The number of rotatable bonds is 6. The van der Waals surface area contributed by atoms with Crippen molar-refractivity contribution in [1.82, 2.24) is 5.32 Å². The second-order valence-corrected chi connectivity index (χ2v) is 5.05. The Morgan fingerprint density at radius 3 is 2.62 bits per heavy atom. The maximum Gasteiger partial charge on any atom is 0.328 e. The van der Waals surface area contributed by atoms with Gasteiger partial charge in [0.25, 0.3) is 5.91 Å². The van der Waals surface area contributed by atoms with Crippen molar-refractivity contribution in [1.29, 1.82) is 0 Å². The number of aliphatic carboxylic acids is 1. The van der Waals surface area contributed by atoms with E-state index < -0.39 is 23.3 Å². The molecule has 0 spiro atoms. The minimum absolute atomic E-state index is 0.103. The number of halogens is 1. The van der Waals surface area contributed by atoms with Crippen molar-refractivity contribution in [3.8, 4) is 0 Å². The number of carboxylic acid groups (broad SMARTS) is 1. The molecule has 6 heteroatoms. The standard InChI is InChI=1S/C15H18FNO4/c1-15(2,21-3)9-17-14(20)11-5-4-10(12(16)8-11)6-7-13(18)19/h4-8H,9H2,1-3H3,(H,17,20)(H,18,19)/b7-6+. The van der Waals surface area contributed by atoms with Crippen molar-refractivity contribution in [2.75, 3.05) is 13.7 Å². The molecule has 0 aliphatic carbocycles. The van der Waals surface area contributed by atoms with Crippen LogP contribution < -0.4 is 5.32 Å². The summed E-state index contributed by atoms with van der Waals surface area (Å²) in [5.74, 6) is -2.25. The van der Waals surface area contributed by atoms with Gasteiger partial charge < -0.3 is 15.2 Å².